The Kier molecular flexibility index (Phi) is 4.72. The zero-order valence-corrected chi connectivity index (χ0v) is 12.2. The van der Waals surface area contributed by atoms with E-state index >= 15 is 0 Å². The molecule has 0 bridgehead atoms. The van der Waals surface area contributed by atoms with Crippen molar-refractivity contribution < 1.29 is 9.90 Å². The van der Waals surface area contributed by atoms with Gasteiger partial charge >= 0.3 is 5.97 Å². The average Bonchev–Trinajstić information content (AvgIpc) is 2.52. The predicted molar refractivity (Wildman–Crippen MR) is 85.8 cm³/mol. The predicted octanol–water partition coefficient (Wildman–Crippen LogP) is 3.74. The Labute approximate surface area is 124 Å². The summed E-state index contributed by atoms with van der Waals surface area (Å²) >= 11 is 0. The number of carboxylic acid groups (broad SMARTS) is 1. The molecule has 4 nitrogen and oxygen atoms in total. The van der Waals surface area contributed by atoms with Crippen molar-refractivity contribution in [1.82, 2.24) is 0 Å². The van der Waals surface area contributed by atoms with Gasteiger partial charge in [-0.3, -0.25) is 0 Å². The summed E-state index contributed by atoms with van der Waals surface area (Å²) in [5.74, 6) is -0.899. The van der Waals surface area contributed by atoms with E-state index in [1.54, 1.807) is 18.5 Å². The first kappa shape index (κ1) is 14.8. The molecule has 2 rings (SSSR count). The molecule has 21 heavy (non-hydrogen) atoms. The maximum Gasteiger partial charge on any atom is 0.335 e. The van der Waals surface area contributed by atoms with Gasteiger partial charge in [0.25, 0.3) is 0 Å². The molecule has 0 amide bonds. The molecule has 1 N–H and O–H groups in total. The molecule has 0 aliphatic rings. The second-order valence-electron chi connectivity index (χ2n) is 4.69. The van der Waals surface area contributed by atoms with Crippen molar-refractivity contribution in [3.63, 3.8) is 0 Å². The number of nitrogens with zero attached hydrogens (tertiary/aromatic N) is 2. The van der Waals surface area contributed by atoms with E-state index in [9.17, 15) is 4.79 Å². The van der Waals surface area contributed by atoms with Gasteiger partial charge in [-0.05, 0) is 42.3 Å². The van der Waals surface area contributed by atoms with Crippen LogP contribution in [0.1, 0.15) is 22.8 Å². The van der Waals surface area contributed by atoms with Gasteiger partial charge in [0, 0.05) is 12.7 Å². The second-order valence-corrected chi connectivity index (χ2v) is 4.69. The highest BCUT2D eigenvalue weighted by Gasteiger charge is 2.08. The second kappa shape index (κ2) is 6.70. The van der Waals surface area contributed by atoms with E-state index in [0.29, 0.717) is 12.0 Å². The Balaban J connectivity index is 2.20. The minimum Gasteiger partial charge on any atom is -0.478 e. The first-order valence-electron chi connectivity index (χ1n) is 6.80. The zero-order chi connectivity index (χ0) is 15.2. The number of rotatable bonds is 5. The van der Waals surface area contributed by atoms with E-state index in [-0.39, 0.29) is 0 Å². The van der Waals surface area contributed by atoms with Crippen LogP contribution in [0.25, 0.3) is 0 Å². The van der Waals surface area contributed by atoms with Crippen LogP contribution in [-0.2, 0) is 6.42 Å². The van der Waals surface area contributed by atoms with Crippen molar-refractivity contribution in [3.8, 4) is 0 Å². The lowest BCUT2D eigenvalue weighted by atomic mass is 10.0. The molecule has 0 saturated heterocycles. The molecule has 0 saturated carbocycles. The third-order valence-corrected chi connectivity index (χ3v) is 3.24. The van der Waals surface area contributed by atoms with Crippen molar-refractivity contribution in [1.29, 1.82) is 0 Å². The number of hydrogen-bond acceptors (Lipinski definition) is 2. The Hall–Kier alpha value is -2.62. The minimum absolute atomic E-state index is 0.341. The van der Waals surface area contributed by atoms with Gasteiger partial charge in [0.05, 0.1) is 17.6 Å². The molecule has 0 radical (unpaired) electrons. The number of carboxylic acids is 1. The van der Waals surface area contributed by atoms with Crippen molar-refractivity contribution in [2.45, 2.75) is 13.3 Å². The van der Waals surface area contributed by atoms with Crippen LogP contribution in [0.3, 0.4) is 0 Å². The van der Waals surface area contributed by atoms with Crippen LogP contribution < -0.4 is 4.90 Å². The molecule has 0 heterocycles. The highest BCUT2D eigenvalue weighted by atomic mass is 16.4. The van der Waals surface area contributed by atoms with Crippen molar-refractivity contribution in [3.05, 3.63) is 59.7 Å². The van der Waals surface area contributed by atoms with Crippen LogP contribution >= 0.6 is 0 Å². The van der Waals surface area contributed by atoms with Crippen LogP contribution in [0.5, 0.6) is 0 Å². The van der Waals surface area contributed by atoms with Gasteiger partial charge in [-0.2, -0.15) is 0 Å². The fraction of sp³-hybridized carbons (Fsp3) is 0.176. The van der Waals surface area contributed by atoms with Crippen molar-refractivity contribution in [2.75, 3.05) is 11.9 Å². The first-order valence-corrected chi connectivity index (χ1v) is 6.80. The summed E-state index contributed by atoms with van der Waals surface area (Å²) in [7, 11) is 1.92. The first-order chi connectivity index (χ1) is 10.1. The lowest BCUT2D eigenvalue weighted by Gasteiger charge is -2.12. The third kappa shape index (κ3) is 3.69. The molecule has 0 atom stereocenters. The van der Waals surface area contributed by atoms with E-state index in [2.05, 4.69) is 4.99 Å². The van der Waals surface area contributed by atoms with Crippen molar-refractivity contribution >= 4 is 23.7 Å². The Bertz CT molecular complexity index is 651. The van der Waals surface area contributed by atoms with E-state index < -0.39 is 5.97 Å². The summed E-state index contributed by atoms with van der Waals surface area (Å²) in [5.41, 5.74) is 2.92. The summed E-state index contributed by atoms with van der Waals surface area (Å²) in [6.07, 6.45) is 2.39. The lowest BCUT2D eigenvalue weighted by Crippen LogP contribution is -2.13. The van der Waals surface area contributed by atoms with Gasteiger partial charge in [-0.1, -0.05) is 25.1 Å². The van der Waals surface area contributed by atoms with Crippen LogP contribution in [0, 0.1) is 0 Å². The fourth-order valence-electron chi connectivity index (χ4n) is 2.04. The van der Waals surface area contributed by atoms with Gasteiger partial charge in [-0.15, -0.1) is 0 Å². The van der Waals surface area contributed by atoms with Crippen LogP contribution in [-0.4, -0.2) is 24.5 Å². The number of anilines is 1. The molecule has 108 valence electrons. The standard InChI is InChI=1S/C17H18N2O2/c1-3-13-11-14(9-10-16(13)17(20)21)18-12-19(2)15-7-5-4-6-8-15/h4-12H,3H2,1-2H3,(H,20,21). The number of hydrogen-bond donors (Lipinski definition) is 1. The third-order valence-electron chi connectivity index (χ3n) is 3.24. The summed E-state index contributed by atoms with van der Waals surface area (Å²) in [6.45, 7) is 1.94. The Morgan fingerprint density at radius 1 is 1.24 bits per heavy atom. The van der Waals surface area contributed by atoms with Crippen LogP contribution in [0.4, 0.5) is 11.4 Å². The van der Waals surface area contributed by atoms with E-state index in [0.717, 1.165) is 16.9 Å². The number of aromatic carboxylic acids is 1. The summed E-state index contributed by atoms with van der Waals surface area (Å²) < 4.78 is 0. The van der Waals surface area contributed by atoms with Crippen LogP contribution in [0.15, 0.2) is 53.5 Å². The van der Waals surface area contributed by atoms with Crippen molar-refractivity contribution in [2.24, 2.45) is 4.99 Å². The molecule has 4 heteroatoms. The maximum atomic E-state index is 11.1. The molecule has 0 aromatic heterocycles. The summed E-state index contributed by atoms with van der Waals surface area (Å²) in [6, 6.07) is 15.0. The highest BCUT2D eigenvalue weighted by Crippen LogP contribution is 2.19. The smallest absolute Gasteiger partial charge is 0.335 e. The van der Waals surface area contributed by atoms with Gasteiger partial charge in [0.15, 0.2) is 0 Å². The minimum atomic E-state index is -0.899. The molecular weight excluding hydrogens is 264 g/mol. The molecule has 0 aliphatic heterocycles. The fourth-order valence-corrected chi connectivity index (χ4v) is 2.04. The molecule has 0 unspecified atom stereocenters. The number of aryl methyl sites for hydroxylation is 1. The zero-order valence-electron chi connectivity index (χ0n) is 12.2. The highest BCUT2D eigenvalue weighted by molar-refractivity contribution is 5.90. The number of benzene rings is 2. The monoisotopic (exact) mass is 282 g/mol. The average molecular weight is 282 g/mol. The van der Waals surface area contributed by atoms with Gasteiger partial charge in [0.2, 0.25) is 0 Å². The Morgan fingerprint density at radius 3 is 2.57 bits per heavy atom. The Morgan fingerprint density at radius 2 is 1.95 bits per heavy atom. The van der Waals surface area contributed by atoms with E-state index in [1.807, 2.05) is 55.3 Å². The largest absolute Gasteiger partial charge is 0.478 e. The molecule has 0 spiro atoms. The van der Waals surface area contributed by atoms with Gasteiger partial charge < -0.3 is 10.0 Å². The summed E-state index contributed by atoms with van der Waals surface area (Å²) in [5, 5.41) is 9.11. The van der Waals surface area contributed by atoms with Crippen LogP contribution in [0.2, 0.25) is 0 Å². The molecule has 2 aromatic rings. The number of aliphatic imine (C=N–C) groups is 1. The SMILES string of the molecule is CCc1cc(N=CN(C)c2ccccc2)ccc1C(=O)O. The maximum absolute atomic E-state index is 11.1. The molecule has 0 fully saturated rings. The number of carbonyl (C=O) groups is 1. The summed E-state index contributed by atoms with van der Waals surface area (Å²) in [4.78, 5) is 17.4. The lowest BCUT2D eigenvalue weighted by molar-refractivity contribution is 0.0696. The van der Waals surface area contributed by atoms with E-state index in [1.165, 1.54) is 0 Å². The molecule has 2 aromatic carbocycles. The molecular formula is C17H18N2O2. The quantitative estimate of drug-likeness (QED) is 0.671. The van der Waals surface area contributed by atoms with Gasteiger partial charge in [0.1, 0.15) is 0 Å². The molecule has 0 aliphatic carbocycles. The number of para-hydroxylation sites is 1. The topological polar surface area (TPSA) is 52.9 Å². The normalized spacial score (nSPS) is 10.8. The van der Waals surface area contributed by atoms with Gasteiger partial charge in [-0.25, -0.2) is 9.79 Å². The van der Waals surface area contributed by atoms with E-state index in [4.69, 9.17) is 5.11 Å².